The highest BCUT2D eigenvalue weighted by Gasteiger charge is 2.32. The second-order valence-corrected chi connectivity index (χ2v) is 5.49. The third-order valence-electron chi connectivity index (χ3n) is 3.77. The highest BCUT2D eigenvalue weighted by atomic mass is 35.5. The normalized spacial score (nSPS) is 18.5. The zero-order valence-corrected chi connectivity index (χ0v) is 11.1. The Kier molecular flexibility index (Phi) is 4.08. The molecule has 0 unspecified atom stereocenters. The van der Waals surface area contributed by atoms with Gasteiger partial charge < -0.3 is 10.4 Å². The molecule has 94 valence electrons. The van der Waals surface area contributed by atoms with E-state index in [1.54, 1.807) is 0 Å². The minimum atomic E-state index is -0.0582. The van der Waals surface area contributed by atoms with Crippen molar-refractivity contribution < 1.29 is 5.11 Å². The smallest absolute Gasteiger partial charge is 0.0613 e. The van der Waals surface area contributed by atoms with Gasteiger partial charge in [0.25, 0.3) is 0 Å². The quantitative estimate of drug-likeness (QED) is 0.865. The Labute approximate surface area is 108 Å². The molecular weight excluding hydrogens is 234 g/mol. The Balaban J connectivity index is 1.99. The zero-order valence-electron chi connectivity index (χ0n) is 10.3. The summed E-state index contributed by atoms with van der Waals surface area (Å²) in [6, 6.07) is 6.14. The molecule has 0 aliphatic heterocycles. The lowest BCUT2D eigenvalue weighted by atomic mass is 9.98. The van der Waals surface area contributed by atoms with Crippen molar-refractivity contribution in [2.45, 2.75) is 44.7 Å². The maximum absolute atomic E-state index is 9.50. The molecule has 0 spiro atoms. The van der Waals surface area contributed by atoms with Gasteiger partial charge in [-0.3, -0.25) is 0 Å². The molecule has 1 saturated carbocycles. The molecule has 0 radical (unpaired) electrons. The average molecular weight is 254 g/mol. The summed E-state index contributed by atoms with van der Waals surface area (Å²) in [7, 11) is 0. The van der Waals surface area contributed by atoms with E-state index in [0.717, 1.165) is 30.0 Å². The molecule has 17 heavy (non-hydrogen) atoms. The lowest BCUT2D eigenvalue weighted by molar-refractivity contribution is 0.163. The molecule has 1 aromatic rings. The van der Waals surface area contributed by atoms with Crippen LogP contribution in [0.25, 0.3) is 0 Å². The first-order chi connectivity index (χ1) is 8.15. The Morgan fingerprint density at radius 1 is 1.35 bits per heavy atom. The summed E-state index contributed by atoms with van der Waals surface area (Å²) in [6.45, 7) is 3.01. The molecule has 1 aliphatic rings. The van der Waals surface area contributed by atoms with E-state index >= 15 is 0 Å². The molecule has 2 rings (SSSR count). The van der Waals surface area contributed by atoms with Crippen LogP contribution in [0.5, 0.6) is 0 Å². The predicted octanol–water partition coefficient (Wildman–Crippen LogP) is 3.04. The first-order valence-corrected chi connectivity index (χ1v) is 6.64. The van der Waals surface area contributed by atoms with E-state index in [0.29, 0.717) is 0 Å². The molecule has 0 aromatic heterocycles. The van der Waals surface area contributed by atoms with Crippen molar-refractivity contribution in [2.75, 3.05) is 6.61 Å². The van der Waals surface area contributed by atoms with E-state index in [4.69, 9.17) is 11.6 Å². The van der Waals surface area contributed by atoms with Crippen LogP contribution < -0.4 is 5.32 Å². The van der Waals surface area contributed by atoms with Crippen molar-refractivity contribution in [3.63, 3.8) is 0 Å². The highest BCUT2D eigenvalue weighted by Crippen LogP contribution is 2.29. The molecular formula is C14H20ClNO. The summed E-state index contributed by atoms with van der Waals surface area (Å²) < 4.78 is 0. The van der Waals surface area contributed by atoms with Gasteiger partial charge >= 0.3 is 0 Å². The van der Waals surface area contributed by atoms with E-state index in [2.05, 4.69) is 11.4 Å². The summed E-state index contributed by atoms with van der Waals surface area (Å²) in [4.78, 5) is 0. The van der Waals surface area contributed by atoms with Gasteiger partial charge in [0.15, 0.2) is 0 Å². The van der Waals surface area contributed by atoms with Gasteiger partial charge in [-0.05, 0) is 37.0 Å². The van der Waals surface area contributed by atoms with Crippen molar-refractivity contribution in [2.24, 2.45) is 0 Å². The van der Waals surface area contributed by atoms with Gasteiger partial charge in [-0.25, -0.2) is 0 Å². The van der Waals surface area contributed by atoms with Gasteiger partial charge in [-0.15, -0.1) is 0 Å². The summed E-state index contributed by atoms with van der Waals surface area (Å²) in [5.74, 6) is 0. The van der Waals surface area contributed by atoms with Gasteiger partial charge in [0, 0.05) is 17.1 Å². The summed E-state index contributed by atoms with van der Waals surface area (Å²) in [5, 5.41) is 13.8. The zero-order chi connectivity index (χ0) is 12.3. The van der Waals surface area contributed by atoms with Crippen LogP contribution in [0.4, 0.5) is 0 Å². The van der Waals surface area contributed by atoms with Crippen molar-refractivity contribution in [3.8, 4) is 0 Å². The monoisotopic (exact) mass is 253 g/mol. The van der Waals surface area contributed by atoms with E-state index in [1.807, 2.05) is 19.1 Å². The standard InChI is InChI=1S/C14H20ClNO/c1-11-4-5-12(8-13(11)15)9-16-14(10-17)6-2-3-7-14/h4-5,8,16-17H,2-3,6-7,9-10H2,1H3. The average Bonchev–Trinajstić information content (AvgIpc) is 2.80. The van der Waals surface area contributed by atoms with Gasteiger partial charge in [-0.1, -0.05) is 36.6 Å². The molecule has 2 nitrogen and oxygen atoms in total. The van der Waals surface area contributed by atoms with Crippen LogP contribution in [0.15, 0.2) is 18.2 Å². The number of aryl methyl sites for hydroxylation is 1. The molecule has 0 saturated heterocycles. The molecule has 1 aromatic carbocycles. The minimum Gasteiger partial charge on any atom is -0.394 e. The van der Waals surface area contributed by atoms with E-state index in [-0.39, 0.29) is 12.1 Å². The topological polar surface area (TPSA) is 32.3 Å². The number of hydrogen-bond donors (Lipinski definition) is 2. The molecule has 1 fully saturated rings. The second kappa shape index (κ2) is 5.38. The van der Waals surface area contributed by atoms with Crippen LogP contribution in [-0.2, 0) is 6.54 Å². The first kappa shape index (κ1) is 12.9. The molecule has 0 atom stereocenters. The SMILES string of the molecule is Cc1ccc(CNC2(CO)CCCC2)cc1Cl. The van der Waals surface area contributed by atoms with Crippen LogP contribution in [-0.4, -0.2) is 17.3 Å². The number of rotatable bonds is 4. The van der Waals surface area contributed by atoms with Gasteiger partial charge in [0.05, 0.1) is 6.61 Å². The molecule has 1 aliphatic carbocycles. The largest absolute Gasteiger partial charge is 0.394 e. The maximum Gasteiger partial charge on any atom is 0.0613 e. The summed E-state index contributed by atoms with van der Waals surface area (Å²) >= 11 is 6.10. The second-order valence-electron chi connectivity index (χ2n) is 5.08. The molecule has 2 N–H and O–H groups in total. The number of halogens is 1. The Hall–Kier alpha value is -0.570. The minimum absolute atomic E-state index is 0.0582. The predicted molar refractivity (Wildman–Crippen MR) is 71.3 cm³/mol. The Morgan fingerprint density at radius 2 is 2.06 bits per heavy atom. The van der Waals surface area contributed by atoms with Crippen LogP contribution in [0, 0.1) is 6.92 Å². The number of nitrogens with one attached hydrogen (secondary N) is 1. The Morgan fingerprint density at radius 3 is 2.65 bits per heavy atom. The third kappa shape index (κ3) is 3.01. The lowest BCUT2D eigenvalue weighted by Gasteiger charge is -2.28. The number of aliphatic hydroxyl groups is 1. The van der Waals surface area contributed by atoms with Crippen LogP contribution in [0.1, 0.15) is 36.8 Å². The first-order valence-electron chi connectivity index (χ1n) is 6.26. The fourth-order valence-corrected chi connectivity index (χ4v) is 2.68. The summed E-state index contributed by atoms with van der Waals surface area (Å²) in [5.41, 5.74) is 2.23. The van der Waals surface area contributed by atoms with E-state index in [9.17, 15) is 5.11 Å². The Bertz CT molecular complexity index is 386. The summed E-state index contributed by atoms with van der Waals surface area (Å²) in [6.07, 6.45) is 4.57. The lowest BCUT2D eigenvalue weighted by Crippen LogP contribution is -2.45. The maximum atomic E-state index is 9.50. The van der Waals surface area contributed by atoms with Crippen molar-refractivity contribution >= 4 is 11.6 Å². The van der Waals surface area contributed by atoms with Crippen molar-refractivity contribution in [1.82, 2.24) is 5.32 Å². The molecule has 0 bridgehead atoms. The van der Waals surface area contributed by atoms with Crippen LogP contribution >= 0.6 is 11.6 Å². The molecule has 0 amide bonds. The number of hydrogen-bond acceptors (Lipinski definition) is 2. The third-order valence-corrected chi connectivity index (χ3v) is 4.17. The number of aliphatic hydroxyl groups excluding tert-OH is 1. The van der Waals surface area contributed by atoms with Gasteiger partial charge in [-0.2, -0.15) is 0 Å². The van der Waals surface area contributed by atoms with E-state index < -0.39 is 0 Å². The van der Waals surface area contributed by atoms with Crippen molar-refractivity contribution in [1.29, 1.82) is 0 Å². The van der Waals surface area contributed by atoms with Crippen LogP contribution in [0.2, 0.25) is 5.02 Å². The fourth-order valence-electron chi connectivity index (χ4n) is 2.48. The fraction of sp³-hybridized carbons (Fsp3) is 0.571. The molecule has 3 heteroatoms. The molecule has 0 heterocycles. The van der Waals surface area contributed by atoms with Gasteiger partial charge in [0.1, 0.15) is 0 Å². The van der Waals surface area contributed by atoms with Gasteiger partial charge in [0.2, 0.25) is 0 Å². The van der Waals surface area contributed by atoms with E-state index in [1.165, 1.54) is 18.4 Å². The van der Waals surface area contributed by atoms with Crippen LogP contribution in [0.3, 0.4) is 0 Å². The highest BCUT2D eigenvalue weighted by molar-refractivity contribution is 6.31. The number of benzene rings is 1. The van der Waals surface area contributed by atoms with Crippen molar-refractivity contribution in [3.05, 3.63) is 34.3 Å².